The summed E-state index contributed by atoms with van der Waals surface area (Å²) >= 11 is 0. The van der Waals surface area contributed by atoms with Crippen molar-refractivity contribution in [3.8, 4) is 11.8 Å². The molecule has 0 saturated carbocycles. The number of benzene rings is 1. The van der Waals surface area contributed by atoms with E-state index in [2.05, 4.69) is 0 Å². The van der Waals surface area contributed by atoms with Crippen LogP contribution in [0.3, 0.4) is 0 Å². The van der Waals surface area contributed by atoms with E-state index in [1.807, 2.05) is 6.07 Å². The Labute approximate surface area is 87.1 Å². The number of ether oxygens (including phenoxy) is 1. The first-order valence-electron chi connectivity index (χ1n) is 4.22. The van der Waals surface area contributed by atoms with Crippen LogP contribution in [-0.4, -0.2) is 19.2 Å². The molecule has 0 aromatic heterocycles. The highest BCUT2D eigenvalue weighted by molar-refractivity contribution is 5.99. The minimum atomic E-state index is -0.243. The van der Waals surface area contributed by atoms with Gasteiger partial charge in [0.15, 0.2) is 5.78 Å². The van der Waals surface area contributed by atoms with E-state index in [0.29, 0.717) is 6.29 Å². The van der Waals surface area contributed by atoms with Crippen LogP contribution in [0.2, 0.25) is 0 Å². The smallest absolute Gasteiger partial charge is 0.163 e. The van der Waals surface area contributed by atoms with Crippen molar-refractivity contribution in [2.75, 3.05) is 7.11 Å². The molecule has 15 heavy (non-hydrogen) atoms. The fourth-order valence-electron chi connectivity index (χ4n) is 1.28. The van der Waals surface area contributed by atoms with E-state index in [-0.39, 0.29) is 28.2 Å². The lowest BCUT2D eigenvalue weighted by molar-refractivity contribution is 0.101. The summed E-state index contributed by atoms with van der Waals surface area (Å²) in [5.41, 5.74) is 0.725. The van der Waals surface area contributed by atoms with Gasteiger partial charge in [-0.15, -0.1) is 0 Å². The zero-order valence-corrected chi connectivity index (χ0v) is 8.40. The van der Waals surface area contributed by atoms with Gasteiger partial charge in [0.1, 0.15) is 18.1 Å². The van der Waals surface area contributed by atoms with Crippen LogP contribution >= 0.6 is 0 Å². The summed E-state index contributed by atoms with van der Waals surface area (Å²) in [5, 5.41) is 8.82. The van der Waals surface area contributed by atoms with Crippen LogP contribution in [-0.2, 0) is 0 Å². The number of methoxy groups -OCH3 is 1. The lowest BCUT2D eigenvalue weighted by Crippen LogP contribution is -2.01. The maximum atomic E-state index is 11.3. The molecule has 0 radical (unpaired) electrons. The number of rotatable bonds is 3. The second kappa shape index (κ2) is 4.38. The van der Waals surface area contributed by atoms with Gasteiger partial charge in [-0.25, -0.2) is 0 Å². The topological polar surface area (TPSA) is 67.2 Å². The van der Waals surface area contributed by atoms with Crippen molar-refractivity contribution in [2.45, 2.75) is 6.92 Å². The lowest BCUT2D eigenvalue weighted by Gasteiger charge is -2.08. The minimum absolute atomic E-state index is 0.187. The van der Waals surface area contributed by atoms with Crippen LogP contribution < -0.4 is 4.74 Å². The van der Waals surface area contributed by atoms with Gasteiger partial charge in [0.25, 0.3) is 0 Å². The summed E-state index contributed by atoms with van der Waals surface area (Å²) in [6.45, 7) is 1.35. The van der Waals surface area contributed by atoms with Crippen molar-refractivity contribution in [1.29, 1.82) is 5.26 Å². The molecule has 0 heterocycles. The number of carbonyl (C=O) groups is 2. The first-order valence-corrected chi connectivity index (χ1v) is 4.22. The Balaban J connectivity index is 3.54. The van der Waals surface area contributed by atoms with Crippen molar-refractivity contribution in [3.05, 3.63) is 28.8 Å². The van der Waals surface area contributed by atoms with Crippen molar-refractivity contribution in [3.63, 3.8) is 0 Å². The molecule has 1 aromatic rings. The third-order valence-electron chi connectivity index (χ3n) is 1.95. The second-order valence-corrected chi connectivity index (χ2v) is 2.94. The maximum absolute atomic E-state index is 11.3. The Hall–Kier alpha value is -2.15. The van der Waals surface area contributed by atoms with E-state index in [1.165, 1.54) is 26.2 Å². The summed E-state index contributed by atoms with van der Waals surface area (Å²) in [5.74, 6) is -0.0253. The van der Waals surface area contributed by atoms with Crippen LogP contribution in [0.5, 0.6) is 5.75 Å². The third kappa shape index (κ3) is 2.02. The van der Waals surface area contributed by atoms with Crippen molar-refractivity contribution >= 4 is 12.1 Å². The molecule has 76 valence electrons. The van der Waals surface area contributed by atoms with Crippen molar-refractivity contribution < 1.29 is 14.3 Å². The Morgan fingerprint density at radius 2 is 2.20 bits per heavy atom. The Bertz CT molecular complexity index is 458. The standard InChI is InChI=1S/C11H9NO3/c1-7(14)10-4-8(6-13)3-9(5-12)11(10)15-2/h3-4,6H,1-2H3. The number of Topliss-reactive ketones (excluding diaryl/α,β-unsaturated/α-hetero) is 1. The molecule has 0 fully saturated rings. The SMILES string of the molecule is COc1c(C#N)cc(C=O)cc1C(C)=O. The monoisotopic (exact) mass is 203 g/mol. The quantitative estimate of drug-likeness (QED) is 0.552. The molecule has 0 spiro atoms. The van der Waals surface area contributed by atoms with Gasteiger partial charge in [0, 0.05) is 5.56 Å². The van der Waals surface area contributed by atoms with E-state index in [1.54, 1.807) is 0 Å². The Kier molecular flexibility index (Phi) is 3.19. The molecule has 0 aliphatic rings. The van der Waals surface area contributed by atoms with Gasteiger partial charge < -0.3 is 4.74 Å². The van der Waals surface area contributed by atoms with E-state index in [0.717, 1.165) is 0 Å². The molecule has 0 unspecified atom stereocenters. The highest BCUT2D eigenvalue weighted by atomic mass is 16.5. The molecule has 0 amide bonds. The summed E-state index contributed by atoms with van der Waals surface area (Å²) in [6.07, 6.45) is 0.590. The van der Waals surface area contributed by atoms with Crippen LogP contribution in [0.1, 0.15) is 33.2 Å². The van der Waals surface area contributed by atoms with Gasteiger partial charge in [-0.2, -0.15) is 5.26 Å². The van der Waals surface area contributed by atoms with Gasteiger partial charge in [0.2, 0.25) is 0 Å². The van der Waals surface area contributed by atoms with Crippen molar-refractivity contribution in [2.24, 2.45) is 0 Å². The summed E-state index contributed by atoms with van der Waals surface area (Å²) < 4.78 is 4.97. The van der Waals surface area contributed by atoms with E-state index in [9.17, 15) is 9.59 Å². The summed E-state index contributed by atoms with van der Waals surface area (Å²) in [6, 6.07) is 4.68. The predicted molar refractivity (Wildman–Crippen MR) is 53.1 cm³/mol. The fraction of sp³-hybridized carbons (Fsp3) is 0.182. The number of ketones is 1. The first-order chi connectivity index (χ1) is 7.13. The number of hydrogen-bond acceptors (Lipinski definition) is 4. The largest absolute Gasteiger partial charge is 0.495 e. The first kappa shape index (κ1) is 10.9. The van der Waals surface area contributed by atoms with Crippen LogP contribution in [0, 0.1) is 11.3 Å². The zero-order valence-electron chi connectivity index (χ0n) is 8.40. The molecule has 4 heteroatoms. The molecule has 1 aromatic carbocycles. The number of nitriles is 1. The van der Waals surface area contributed by atoms with E-state index in [4.69, 9.17) is 10.00 Å². The molecular weight excluding hydrogens is 194 g/mol. The highest BCUT2D eigenvalue weighted by Gasteiger charge is 2.14. The molecule has 0 saturated heterocycles. The minimum Gasteiger partial charge on any atom is -0.495 e. The van der Waals surface area contributed by atoms with Gasteiger partial charge in [-0.05, 0) is 19.1 Å². The van der Waals surface area contributed by atoms with E-state index < -0.39 is 0 Å². The maximum Gasteiger partial charge on any atom is 0.163 e. The Morgan fingerprint density at radius 3 is 2.60 bits per heavy atom. The Morgan fingerprint density at radius 1 is 1.53 bits per heavy atom. The number of aldehydes is 1. The number of carbonyl (C=O) groups excluding carboxylic acids is 2. The molecule has 1 rings (SSSR count). The molecular formula is C11H9NO3. The summed E-state index contributed by atoms with van der Waals surface area (Å²) in [7, 11) is 1.38. The molecule has 4 nitrogen and oxygen atoms in total. The number of nitrogens with zero attached hydrogens (tertiary/aromatic N) is 1. The molecule has 0 atom stereocenters. The van der Waals surface area contributed by atoms with Crippen molar-refractivity contribution in [1.82, 2.24) is 0 Å². The third-order valence-corrected chi connectivity index (χ3v) is 1.95. The normalized spacial score (nSPS) is 9.13. The van der Waals surface area contributed by atoms with E-state index >= 15 is 0 Å². The predicted octanol–water partition coefficient (Wildman–Crippen LogP) is 1.58. The van der Waals surface area contributed by atoms with Crippen LogP contribution in [0.25, 0.3) is 0 Å². The lowest BCUT2D eigenvalue weighted by atomic mass is 10.0. The van der Waals surface area contributed by atoms with Gasteiger partial charge in [0.05, 0.1) is 18.2 Å². The fourth-order valence-corrected chi connectivity index (χ4v) is 1.28. The molecule has 0 bridgehead atoms. The average molecular weight is 203 g/mol. The number of hydrogen-bond donors (Lipinski definition) is 0. The molecule has 0 N–H and O–H groups in total. The van der Waals surface area contributed by atoms with Gasteiger partial charge in [-0.3, -0.25) is 9.59 Å². The second-order valence-electron chi connectivity index (χ2n) is 2.94. The van der Waals surface area contributed by atoms with Gasteiger partial charge >= 0.3 is 0 Å². The van der Waals surface area contributed by atoms with Gasteiger partial charge in [-0.1, -0.05) is 0 Å². The van der Waals surface area contributed by atoms with Crippen LogP contribution in [0.15, 0.2) is 12.1 Å². The van der Waals surface area contributed by atoms with Crippen LogP contribution in [0.4, 0.5) is 0 Å². The highest BCUT2D eigenvalue weighted by Crippen LogP contribution is 2.25. The zero-order chi connectivity index (χ0) is 11.4. The summed E-state index contributed by atoms with van der Waals surface area (Å²) in [4.78, 5) is 21.8. The molecule has 0 aliphatic heterocycles. The molecule has 0 aliphatic carbocycles. The average Bonchev–Trinajstić information content (AvgIpc) is 2.26.